The first-order chi connectivity index (χ1) is 8.79. The number of fused-ring (bicyclic) bond motifs is 1. The topological polar surface area (TPSA) is 26.0 Å². The van der Waals surface area contributed by atoms with Crippen LogP contribution in [0.15, 0.2) is 23.6 Å². The summed E-state index contributed by atoms with van der Waals surface area (Å²) in [6, 6.07) is 7.27. The Kier molecular flexibility index (Phi) is 3.40. The molecule has 1 nitrogen and oxygen atoms in total. The van der Waals surface area contributed by atoms with Gasteiger partial charge >= 0.3 is 0 Å². The third kappa shape index (κ3) is 2.08. The summed E-state index contributed by atoms with van der Waals surface area (Å²) < 4.78 is 1.42. The number of thiophene rings is 1. The van der Waals surface area contributed by atoms with E-state index in [1.165, 1.54) is 46.9 Å². The normalized spacial score (nSPS) is 24.6. The first kappa shape index (κ1) is 12.2. The summed E-state index contributed by atoms with van der Waals surface area (Å²) in [5.74, 6) is 0.583. The van der Waals surface area contributed by atoms with Gasteiger partial charge in [0.2, 0.25) is 0 Å². The molecule has 3 rings (SSSR count). The van der Waals surface area contributed by atoms with Crippen molar-refractivity contribution in [3.8, 4) is 0 Å². The summed E-state index contributed by atoms with van der Waals surface area (Å²) in [5.41, 5.74) is 9.28. The molecule has 0 radical (unpaired) electrons. The van der Waals surface area contributed by atoms with E-state index in [1.807, 2.05) is 11.3 Å². The Morgan fingerprint density at radius 1 is 1.28 bits per heavy atom. The van der Waals surface area contributed by atoms with E-state index < -0.39 is 0 Å². The van der Waals surface area contributed by atoms with Crippen molar-refractivity contribution in [3.05, 3.63) is 34.7 Å². The molecule has 1 aliphatic carbocycles. The number of nitrogens with two attached hydrogens (primary N) is 1. The van der Waals surface area contributed by atoms with Crippen LogP contribution in [0.2, 0.25) is 0 Å². The molecule has 96 valence electrons. The van der Waals surface area contributed by atoms with Crippen LogP contribution in [0.25, 0.3) is 10.1 Å². The van der Waals surface area contributed by atoms with Gasteiger partial charge in [0.05, 0.1) is 0 Å². The van der Waals surface area contributed by atoms with E-state index in [9.17, 15) is 0 Å². The van der Waals surface area contributed by atoms with Crippen LogP contribution >= 0.6 is 11.3 Å². The van der Waals surface area contributed by atoms with Crippen molar-refractivity contribution in [2.24, 2.45) is 5.73 Å². The van der Waals surface area contributed by atoms with Crippen molar-refractivity contribution >= 4 is 21.4 Å². The van der Waals surface area contributed by atoms with Crippen LogP contribution in [0.1, 0.15) is 49.7 Å². The lowest BCUT2D eigenvalue weighted by Crippen LogP contribution is -2.31. The summed E-state index contributed by atoms with van der Waals surface area (Å²) in [6.45, 7) is 2.22. The SMILES string of the molecule is CCc1ccc2scc(C3CCCCC3N)c2c1. The quantitative estimate of drug-likeness (QED) is 0.847. The molecular formula is C16H21NS. The molecule has 0 saturated heterocycles. The predicted molar refractivity (Wildman–Crippen MR) is 80.4 cm³/mol. The van der Waals surface area contributed by atoms with E-state index >= 15 is 0 Å². The predicted octanol–water partition coefficient (Wildman–Crippen LogP) is 4.45. The van der Waals surface area contributed by atoms with Gasteiger partial charge in [-0.15, -0.1) is 11.3 Å². The zero-order valence-electron chi connectivity index (χ0n) is 11.0. The number of hydrogen-bond acceptors (Lipinski definition) is 2. The smallest absolute Gasteiger partial charge is 0.0345 e. The van der Waals surface area contributed by atoms with Crippen LogP contribution in [-0.2, 0) is 6.42 Å². The zero-order valence-corrected chi connectivity index (χ0v) is 11.8. The second kappa shape index (κ2) is 5.02. The van der Waals surface area contributed by atoms with Crippen LogP contribution in [0, 0.1) is 0 Å². The van der Waals surface area contributed by atoms with Crippen molar-refractivity contribution in [3.63, 3.8) is 0 Å². The summed E-state index contributed by atoms with van der Waals surface area (Å²) >= 11 is 1.87. The Hall–Kier alpha value is -0.860. The van der Waals surface area contributed by atoms with Gasteiger partial charge in [-0.3, -0.25) is 0 Å². The lowest BCUT2D eigenvalue weighted by atomic mass is 9.80. The van der Waals surface area contributed by atoms with Crippen LogP contribution in [-0.4, -0.2) is 6.04 Å². The number of hydrogen-bond donors (Lipinski definition) is 1. The van der Waals surface area contributed by atoms with Crippen molar-refractivity contribution in [2.45, 2.75) is 51.0 Å². The summed E-state index contributed by atoms with van der Waals surface area (Å²) in [6.07, 6.45) is 6.21. The minimum Gasteiger partial charge on any atom is -0.327 e. The molecule has 1 fully saturated rings. The maximum Gasteiger partial charge on any atom is 0.0345 e. The standard InChI is InChI=1S/C16H21NS/c1-2-11-7-8-16-13(9-11)14(10-18-16)12-5-3-4-6-15(12)17/h7-10,12,15H,2-6,17H2,1H3. The van der Waals surface area contributed by atoms with Gasteiger partial charge in [0.15, 0.2) is 0 Å². The highest BCUT2D eigenvalue weighted by Gasteiger charge is 2.25. The van der Waals surface area contributed by atoms with Crippen LogP contribution in [0.3, 0.4) is 0 Å². The summed E-state index contributed by atoms with van der Waals surface area (Å²) in [7, 11) is 0. The largest absolute Gasteiger partial charge is 0.327 e. The van der Waals surface area contributed by atoms with Gasteiger partial charge < -0.3 is 5.73 Å². The van der Waals surface area contributed by atoms with E-state index in [-0.39, 0.29) is 0 Å². The number of aryl methyl sites for hydroxylation is 1. The number of benzene rings is 1. The van der Waals surface area contributed by atoms with Gasteiger partial charge in [-0.1, -0.05) is 31.9 Å². The first-order valence-electron chi connectivity index (χ1n) is 7.05. The molecule has 1 aromatic heterocycles. The van der Waals surface area contributed by atoms with E-state index in [0.29, 0.717) is 12.0 Å². The monoisotopic (exact) mass is 259 g/mol. The lowest BCUT2D eigenvalue weighted by molar-refractivity contribution is 0.387. The third-order valence-corrected chi connectivity index (χ3v) is 5.28. The van der Waals surface area contributed by atoms with Crippen LogP contribution < -0.4 is 5.73 Å². The van der Waals surface area contributed by atoms with Crippen molar-refractivity contribution < 1.29 is 0 Å². The third-order valence-electron chi connectivity index (χ3n) is 4.29. The zero-order chi connectivity index (χ0) is 12.5. The van der Waals surface area contributed by atoms with Crippen molar-refractivity contribution in [1.82, 2.24) is 0 Å². The maximum absolute atomic E-state index is 6.34. The molecule has 2 aromatic rings. The molecule has 2 heteroatoms. The Morgan fingerprint density at radius 2 is 2.11 bits per heavy atom. The lowest BCUT2D eigenvalue weighted by Gasteiger charge is -2.28. The second-order valence-corrected chi connectivity index (χ2v) is 6.34. The molecule has 0 bridgehead atoms. The Balaban J connectivity index is 2.05. The van der Waals surface area contributed by atoms with E-state index in [4.69, 9.17) is 5.73 Å². The molecule has 1 aromatic carbocycles. The van der Waals surface area contributed by atoms with Crippen LogP contribution in [0.4, 0.5) is 0 Å². The Morgan fingerprint density at radius 3 is 2.89 bits per heavy atom. The summed E-state index contributed by atoms with van der Waals surface area (Å²) in [4.78, 5) is 0. The molecule has 2 N–H and O–H groups in total. The fraction of sp³-hybridized carbons (Fsp3) is 0.500. The van der Waals surface area contributed by atoms with Gasteiger partial charge in [0.25, 0.3) is 0 Å². The average molecular weight is 259 g/mol. The van der Waals surface area contributed by atoms with Gasteiger partial charge in [0.1, 0.15) is 0 Å². The highest BCUT2D eigenvalue weighted by atomic mass is 32.1. The molecule has 18 heavy (non-hydrogen) atoms. The van der Waals surface area contributed by atoms with E-state index in [1.54, 1.807) is 0 Å². The van der Waals surface area contributed by atoms with Gasteiger partial charge in [-0.2, -0.15) is 0 Å². The molecule has 1 saturated carbocycles. The minimum atomic E-state index is 0.363. The van der Waals surface area contributed by atoms with Gasteiger partial charge in [-0.05, 0) is 47.2 Å². The first-order valence-corrected chi connectivity index (χ1v) is 7.93. The molecule has 1 aliphatic rings. The fourth-order valence-electron chi connectivity index (χ4n) is 3.15. The maximum atomic E-state index is 6.34. The minimum absolute atomic E-state index is 0.363. The van der Waals surface area contributed by atoms with Crippen molar-refractivity contribution in [2.75, 3.05) is 0 Å². The highest BCUT2D eigenvalue weighted by molar-refractivity contribution is 7.17. The van der Waals surface area contributed by atoms with E-state index in [0.717, 1.165) is 6.42 Å². The fourth-order valence-corrected chi connectivity index (χ4v) is 4.15. The van der Waals surface area contributed by atoms with Crippen molar-refractivity contribution in [1.29, 1.82) is 0 Å². The Bertz CT molecular complexity index is 543. The average Bonchev–Trinajstić information content (AvgIpc) is 2.82. The van der Waals surface area contributed by atoms with E-state index in [2.05, 4.69) is 30.5 Å². The molecule has 0 amide bonds. The van der Waals surface area contributed by atoms with Gasteiger partial charge in [-0.25, -0.2) is 0 Å². The molecule has 2 atom stereocenters. The molecule has 0 aliphatic heterocycles. The Labute approximate surface area is 113 Å². The molecule has 2 unspecified atom stereocenters. The highest BCUT2D eigenvalue weighted by Crippen LogP contribution is 2.39. The van der Waals surface area contributed by atoms with Crippen LogP contribution in [0.5, 0.6) is 0 Å². The molecular weight excluding hydrogens is 238 g/mol. The molecule has 1 heterocycles. The second-order valence-electron chi connectivity index (χ2n) is 5.43. The summed E-state index contributed by atoms with van der Waals surface area (Å²) in [5, 5.41) is 3.81. The van der Waals surface area contributed by atoms with Gasteiger partial charge in [0, 0.05) is 16.7 Å². The number of rotatable bonds is 2. The molecule has 0 spiro atoms.